The molecule has 2 atom stereocenters. The molecule has 1 fully saturated rings. The molecular formula is C16H23ClO. The van der Waals surface area contributed by atoms with E-state index in [2.05, 4.69) is 20.8 Å². The second-order valence-corrected chi connectivity index (χ2v) is 7.32. The lowest BCUT2D eigenvalue weighted by molar-refractivity contribution is -0.0574. The standard InChI is InChI=1S/C16H23ClO/c1-12-8-15(2,3)11-16(18,9-12)10-13-4-6-14(17)7-5-13/h4-7,12,18H,8-11H2,1-3H3. The highest BCUT2D eigenvalue weighted by Crippen LogP contribution is 2.45. The number of rotatable bonds is 2. The van der Waals surface area contributed by atoms with Crippen LogP contribution in [-0.4, -0.2) is 10.7 Å². The molecule has 2 rings (SSSR count). The summed E-state index contributed by atoms with van der Waals surface area (Å²) in [5, 5.41) is 11.6. The highest BCUT2D eigenvalue weighted by molar-refractivity contribution is 6.30. The van der Waals surface area contributed by atoms with Gasteiger partial charge in [-0.1, -0.05) is 44.5 Å². The number of hydrogen-bond acceptors (Lipinski definition) is 1. The van der Waals surface area contributed by atoms with Crippen molar-refractivity contribution < 1.29 is 5.11 Å². The van der Waals surface area contributed by atoms with Gasteiger partial charge in [0.25, 0.3) is 0 Å². The largest absolute Gasteiger partial charge is 0.390 e. The monoisotopic (exact) mass is 266 g/mol. The SMILES string of the molecule is CC1CC(C)(C)CC(O)(Cc2ccc(Cl)cc2)C1. The maximum Gasteiger partial charge on any atom is 0.0695 e. The van der Waals surface area contributed by atoms with Crippen LogP contribution in [0.4, 0.5) is 0 Å². The van der Waals surface area contributed by atoms with Gasteiger partial charge in [-0.3, -0.25) is 0 Å². The first-order valence-corrected chi connectivity index (χ1v) is 7.13. The summed E-state index contributed by atoms with van der Waals surface area (Å²) in [6, 6.07) is 7.84. The summed E-state index contributed by atoms with van der Waals surface area (Å²) in [6.45, 7) is 6.76. The molecule has 0 radical (unpaired) electrons. The maximum atomic E-state index is 10.9. The number of aliphatic hydroxyl groups is 1. The van der Waals surface area contributed by atoms with E-state index in [0.29, 0.717) is 5.92 Å². The molecular weight excluding hydrogens is 244 g/mol. The number of hydrogen-bond donors (Lipinski definition) is 1. The molecule has 0 aliphatic heterocycles. The highest BCUT2D eigenvalue weighted by atomic mass is 35.5. The molecule has 1 N–H and O–H groups in total. The van der Waals surface area contributed by atoms with Gasteiger partial charge in [0.1, 0.15) is 0 Å². The van der Waals surface area contributed by atoms with Crippen molar-refractivity contribution in [3.05, 3.63) is 34.9 Å². The molecule has 0 saturated heterocycles. The molecule has 100 valence electrons. The van der Waals surface area contributed by atoms with Gasteiger partial charge in [-0.05, 0) is 48.3 Å². The normalized spacial score (nSPS) is 31.3. The van der Waals surface area contributed by atoms with Crippen LogP contribution < -0.4 is 0 Å². The van der Waals surface area contributed by atoms with Crippen LogP contribution >= 0.6 is 11.6 Å². The Labute approximate surface area is 115 Å². The Morgan fingerprint density at radius 1 is 1.22 bits per heavy atom. The molecule has 1 aromatic rings. The molecule has 1 aromatic carbocycles. The van der Waals surface area contributed by atoms with Crippen molar-refractivity contribution in [3.63, 3.8) is 0 Å². The zero-order chi connectivity index (χ0) is 13.4. The van der Waals surface area contributed by atoms with E-state index >= 15 is 0 Å². The predicted octanol–water partition coefficient (Wildman–Crippen LogP) is 4.46. The van der Waals surface area contributed by atoms with Crippen LogP contribution in [0.3, 0.4) is 0 Å². The van der Waals surface area contributed by atoms with Crippen LogP contribution in [0.5, 0.6) is 0 Å². The average molecular weight is 267 g/mol. The van der Waals surface area contributed by atoms with E-state index in [1.54, 1.807) is 0 Å². The highest BCUT2D eigenvalue weighted by Gasteiger charge is 2.41. The van der Waals surface area contributed by atoms with Gasteiger partial charge in [0.2, 0.25) is 0 Å². The first kappa shape index (κ1) is 13.9. The Morgan fingerprint density at radius 2 is 1.83 bits per heavy atom. The van der Waals surface area contributed by atoms with Crippen molar-refractivity contribution in [1.29, 1.82) is 0 Å². The van der Waals surface area contributed by atoms with Crippen molar-refractivity contribution in [3.8, 4) is 0 Å². The van der Waals surface area contributed by atoms with Gasteiger partial charge < -0.3 is 5.11 Å². The molecule has 2 heteroatoms. The lowest BCUT2D eigenvalue weighted by Crippen LogP contribution is -2.43. The minimum absolute atomic E-state index is 0.235. The van der Waals surface area contributed by atoms with Gasteiger partial charge in [-0.2, -0.15) is 0 Å². The smallest absolute Gasteiger partial charge is 0.0695 e. The van der Waals surface area contributed by atoms with E-state index < -0.39 is 5.60 Å². The van der Waals surface area contributed by atoms with Crippen molar-refractivity contribution in [2.24, 2.45) is 11.3 Å². The average Bonchev–Trinajstić information content (AvgIpc) is 2.17. The molecule has 0 heterocycles. The molecule has 0 amide bonds. The van der Waals surface area contributed by atoms with Crippen molar-refractivity contribution >= 4 is 11.6 Å². The van der Waals surface area contributed by atoms with Gasteiger partial charge >= 0.3 is 0 Å². The minimum Gasteiger partial charge on any atom is -0.390 e. The Bertz CT molecular complexity index is 410. The third-order valence-electron chi connectivity index (χ3n) is 3.88. The zero-order valence-corrected chi connectivity index (χ0v) is 12.3. The Kier molecular flexibility index (Phi) is 3.75. The number of benzene rings is 1. The summed E-state index contributed by atoms with van der Waals surface area (Å²) in [4.78, 5) is 0. The fourth-order valence-corrected chi connectivity index (χ4v) is 3.94. The topological polar surface area (TPSA) is 20.2 Å². The van der Waals surface area contributed by atoms with Gasteiger partial charge in [0.05, 0.1) is 5.60 Å². The van der Waals surface area contributed by atoms with E-state index in [4.69, 9.17) is 11.6 Å². The Morgan fingerprint density at radius 3 is 2.39 bits per heavy atom. The van der Waals surface area contributed by atoms with Crippen LogP contribution in [0.2, 0.25) is 5.02 Å². The molecule has 1 aliphatic rings. The van der Waals surface area contributed by atoms with E-state index in [1.165, 1.54) is 12.0 Å². The molecule has 1 aliphatic carbocycles. The van der Waals surface area contributed by atoms with Crippen LogP contribution in [0.25, 0.3) is 0 Å². The van der Waals surface area contributed by atoms with Crippen molar-refractivity contribution in [1.82, 2.24) is 0 Å². The van der Waals surface area contributed by atoms with Crippen molar-refractivity contribution in [2.75, 3.05) is 0 Å². The molecule has 0 spiro atoms. The van der Waals surface area contributed by atoms with E-state index in [1.807, 2.05) is 24.3 Å². The lowest BCUT2D eigenvalue weighted by atomic mass is 9.64. The zero-order valence-electron chi connectivity index (χ0n) is 11.5. The summed E-state index contributed by atoms with van der Waals surface area (Å²) in [5.74, 6) is 0.589. The third kappa shape index (κ3) is 3.49. The minimum atomic E-state index is -0.561. The third-order valence-corrected chi connectivity index (χ3v) is 4.14. The Hall–Kier alpha value is -0.530. The van der Waals surface area contributed by atoms with Gasteiger partial charge in [-0.25, -0.2) is 0 Å². The molecule has 1 nitrogen and oxygen atoms in total. The number of halogens is 1. The first-order chi connectivity index (χ1) is 8.28. The Balaban J connectivity index is 2.13. The van der Waals surface area contributed by atoms with Crippen molar-refractivity contribution in [2.45, 2.75) is 52.1 Å². The molecule has 2 unspecified atom stereocenters. The van der Waals surface area contributed by atoms with Gasteiger partial charge in [0, 0.05) is 11.4 Å². The molecule has 18 heavy (non-hydrogen) atoms. The fraction of sp³-hybridized carbons (Fsp3) is 0.625. The summed E-state index contributed by atoms with van der Waals surface area (Å²) in [7, 11) is 0. The second-order valence-electron chi connectivity index (χ2n) is 6.88. The fourth-order valence-electron chi connectivity index (χ4n) is 3.82. The first-order valence-electron chi connectivity index (χ1n) is 6.75. The van der Waals surface area contributed by atoms with Crippen LogP contribution in [0, 0.1) is 11.3 Å². The summed E-state index contributed by atoms with van der Waals surface area (Å²) in [5.41, 5.74) is 0.847. The predicted molar refractivity (Wildman–Crippen MR) is 76.9 cm³/mol. The summed E-state index contributed by atoms with van der Waals surface area (Å²) in [6.07, 6.45) is 3.72. The van der Waals surface area contributed by atoms with E-state index in [9.17, 15) is 5.11 Å². The lowest BCUT2D eigenvalue weighted by Gasteiger charge is -2.44. The maximum absolute atomic E-state index is 10.9. The van der Waals surface area contributed by atoms with Gasteiger partial charge in [0.15, 0.2) is 0 Å². The second kappa shape index (κ2) is 4.86. The summed E-state index contributed by atoms with van der Waals surface area (Å²) >= 11 is 5.90. The molecule has 0 aromatic heterocycles. The van der Waals surface area contributed by atoms with Gasteiger partial charge in [-0.15, -0.1) is 0 Å². The summed E-state index contributed by atoms with van der Waals surface area (Å²) < 4.78 is 0. The quantitative estimate of drug-likeness (QED) is 0.838. The van der Waals surface area contributed by atoms with Crippen LogP contribution in [-0.2, 0) is 6.42 Å². The molecule has 1 saturated carbocycles. The van der Waals surface area contributed by atoms with E-state index in [0.717, 1.165) is 24.3 Å². The van der Waals surface area contributed by atoms with E-state index in [-0.39, 0.29) is 5.41 Å². The van der Waals surface area contributed by atoms with Crippen LogP contribution in [0.1, 0.15) is 45.6 Å². The molecule has 0 bridgehead atoms. The van der Waals surface area contributed by atoms with Crippen LogP contribution in [0.15, 0.2) is 24.3 Å².